The molecule has 4 heteroatoms. The van der Waals surface area contributed by atoms with Crippen LogP contribution in [0.4, 0.5) is 0 Å². The maximum atomic E-state index is 5.23. The molecular formula is C55H54N4. The molecule has 6 aromatic carbocycles. The van der Waals surface area contributed by atoms with Gasteiger partial charge in [-0.3, -0.25) is 8.97 Å². The highest BCUT2D eigenvalue weighted by atomic mass is 15.1. The first-order valence-corrected chi connectivity index (χ1v) is 21.4. The van der Waals surface area contributed by atoms with Crippen LogP contribution in [0.3, 0.4) is 0 Å². The third-order valence-corrected chi connectivity index (χ3v) is 12.1. The average Bonchev–Trinajstić information content (AvgIpc) is 3.89. The molecule has 0 atom stereocenters. The summed E-state index contributed by atoms with van der Waals surface area (Å²) < 4.78 is 4.78. The Kier molecular flexibility index (Phi) is 10.0. The Balaban J connectivity index is 1.17. The van der Waals surface area contributed by atoms with Gasteiger partial charge in [0.2, 0.25) is 0 Å². The van der Waals surface area contributed by atoms with Crippen LogP contribution in [0, 0.1) is 0 Å². The van der Waals surface area contributed by atoms with E-state index in [-0.39, 0.29) is 0 Å². The first kappa shape index (κ1) is 38.3. The van der Waals surface area contributed by atoms with Gasteiger partial charge in [-0.2, -0.15) is 0 Å². The normalized spacial score (nSPS) is 12.1. The van der Waals surface area contributed by atoms with Gasteiger partial charge in [-0.1, -0.05) is 159 Å². The molecule has 0 aliphatic rings. The van der Waals surface area contributed by atoms with Gasteiger partial charge in [-0.05, 0) is 99.2 Å². The molecule has 3 heterocycles. The fourth-order valence-electron chi connectivity index (χ4n) is 9.30. The van der Waals surface area contributed by atoms with Crippen molar-refractivity contribution in [1.82, 2.24) is 18.9 Å². The van der Waals surface area contributed by atoms with Crippen LogP contribution in [-0.4, -0.2) is 18.9 Å². The molecular weight excluding hydrogens is 717 g/mol. The molecule has 0 aliphatic heterocycles. The first-order chi connectivity index (χ1) is 28.6. The zero-order valence-electron chi connectivity index (χ0n) is 35.7. The summed E-state index contributed by atoms with van der Waals surface area (Å²) in [7, 11) is 0. The number of hydrogen-bond donors (Lipinski definition) is 0. The Morgan fingerprint density at radius 3 is 1.66 bits per heavy atom. The average molecular weight is 771 g/mol. The third-order valence-electron chi connectivity index (χ3n) is 12.1. The Hall–Kier alpha value is -6.26. The number of benzene rings is 6. The number of rotatable bonds is 10. The molecule has 294 valence electrons. The molecule has 0 radical (unpaired) electrons. The minimum absolute atomic E-state index is 0.373. The number of fused-ring (bicyclic) bond motifs is 6. The van der Waals surface area contributed by atoms with Gasteiger partial charge in [0.05, 0.1) is 29.3 Å². The number of imidazole rings is 2. The van der Waals surface area contributed by atoms with Crippen molar-refractivity contribution in [3.63, 3.8) is 0 Å². The number of nitrogens with zero attached hydrogens (tertiary/aromatic N) is 4. The molecule has 0 amide bonds. The van der Waals surface area contributed by atoms with Gasteiger partial charge < -0.3 is 0 Å². The quantitative estimate of drug-likeness (QED) is 0.130. The van der Waals surface area contributed by atoms with Crippen LogP contribution in [0.1, 0.15) is 112 Å². The maximum absolute atomic E-state index is 5.23. The molecule has 0 saturated heterocycles. The summed E-state index contributed by atoms with van der Waals surface area (Å²) in [6.45, 7) is 18.3. The number of para-hydroxylation sites is 2. The molecule has 3 aromatic heterocycles. The number of aromatic nitrogens is 4. The van der Waals surface area contributed by atoms with E-state index in [1.807, 2.05) is 0 Å². The van der Waals surface area contributed by atoms with E-state index in [2.05, 4.69) is 210 Å². The molecule has 0 spiro atoms. The predicted molar refractivity (Wildman–Crippen MR) is 249 cm³/mol. The Morgan fingerprint density at radius 2 is 1.02 bits per heavy atom. The zero-order chi connectivity index (χ0) is 40.9. The van der Waals surface area contributed by atoms with Crippen LogP contribution in [0.25, 0.3) is 66.9 Å². The van der Waals surface area contributed by atoms with E-state index >= 15 is 0 Å². The molecule has 9 aromatic rings. The van der Waals surface area contributed by atoms with Crippen molar-refractivity contribution >= 4 is 27.3 Å². The largest absolute Gasteiger partial charge is 0.292 e. The predicted octanol–water partition coefficient (Wildman–Crippen LogP) is 14.9. The lowest BCUT2D eigenvalue weighted by Crippen LogP contribution is -2.05. The number of pyridine rings is 1. The highest BCUT2D eigenvalue weighted by Crippen LogP contribution is 2.42. The Morgan fingerprint density at radius 1 is 0.458 bits per heavy atom. The van der Waals surface area contributed by atoms with Gasteiger partial charge in [0.15, 0.2) is 0 Å². The van der Waals surface area contributed by atoms with Gasteiger partial charge in [0.1, 0.15) is 11.5 Å². The van der Waals surface area contributed by atoms with Crippen LogP contribution in [0.15, 0.2) is 146 Å². The van der Waals surface area contributed by atoms with E-state index in [0.717, 1.165) is 40.5 Å². The smallest absolute Gasteiger partial charge is 0.145 e. The van der Waals surface area contributed by atoms with Crippen LogP contribution in [0.2, 0.25) is 0 Å². The van der Waals surface area contributed by atoms with E-state index in [0.29, 0.717) is 23.7 Å². The van der Waals surface area contributed by atoms with Crippen LogP contribution in [0.5, 0.6) is 0 Å². The van der Waals surface area contributed by atoms with Gasteiger partial charge in [0, 0.05) is 33.2 Å². The Bertz CT molecular complexity index is 2920. The molecule has 0 bridgehead atoms. The molecule has 0 unspecified atom stereocenters. The van der Waals surface area contributed by atoms with Gasteiger partial charge in [-0.25, -0.2) is 9.97 Å². The highest BCUT2D eigenvalue weighted by molar-refractivity contribution is 6.12. The van der Waals surface area contributed by atoms with Crippen molar-refractivity contribution in [3.8, 4) is 39.6 Å². The van der Waals surface area contributed by atoms with Crippen molar-refractivity contribution in [2.75, 3.05) is 0 Å². The summed E-state index contributed by atoms with van der Waals surface area (Å²) in [4.78, 5) is 10.4. The highest BCUT2D eigenvalue weighted by Gasteiger charge is 2.24. The van der Waals surface area contributed by atoms with Gasteiger partial charge in [0.25, 0.3) is 0 Å². The lowest BCUT2D eigenvalue weighted by Gasteiger charge is -2.21. The molecule has 0 saturated carbocycles. The minimum Gasteiger partial charge on any atom is -0.292 e. The summed E-state index contributed by atoms with van der Waals surface area (Å²) in [6, 6.07) is 49.0. The lowest BCUT2D eigenvalue weighted by molar-refractivity contribution is 0.834. The maximum Gasteiger partial charge on any atom is 0.145 e. The molecule has 0 aliphatic carbocycles. The van der Waals surface area contributed by atoms with E-state index in [1.54, 1.807) is 0 Å². The second kappa shape index (κ2) is 15.5. The summed E-state index contributed by atoms with van der Waals surface area (Å²) in [5, 5.41) is 3.63. The van der Waals surface area contributed by atoms with Gasteiger partial charge in [-0.15, -0.1) is 0 Å². The standard InChI is InChI=1S/C55H54N4/c1-34(2)42-22-15-23-43(35(3)4)52(42)50-32-56-54(58(50)41-19-10-9-11-20-41)40-18-14-17-38(30-40)29-39-27-28-46-47-21-12-13-26-49(47)59-51(33-57-55(59)48(46)31-39)53-44(36(5)6)24-16-25-45(53)37(7)8/h9-28,30-37H,29H2,1-8H3. The second-order valence-electron chi connectivity index (χ2n) is 17.5. The SMILES string of the molecule is CC(C)c1cccc(C(C)C)c1-c1cnc(-c2cccc(Cc3ccc4c5ccccc5n5c(-c6c(C(C)C)cccc6C(C)C)cnc5c4c3)c2)n1-c1ccccc1. The fraction of sp³-hybridized carbons (Fsp3) is 0.236. The topological polar surface area (TPSA) is 35.1 Å². The first-order valence-electron chi connectivity index (χ1n) is 21.4. The van der Waals surface area contributed by atoms with Gasteiger partial charge >= 0.3 is 0 Å². The zero-order valence-corrected chi connectivity index (χ0v) is 35.7. The van der Waals surface area contributed by atoms with Crippen molar-refractivity contribution in [1.29, 1.82) is 0 Å². The summed E-state index contributed by atoms with van der Waals surface area (Å²) >= 11 is 0. The molecule has 59 heavy (non-hydrogen) atoms. The van der Waals surface area contributed by atoms with Crippen molar-refractivity contribution in [2.45, 2.75) is 85.5 Å². The summed E-state index contributed by atoms with van der Waals surface area (Å²) in [5.74, 6) is 2.46. The summed E-state index contributed by atoms with van der Waals surface area (Å²) in [6.07, 6.45) is 4.98. The monoisotopic (exact) mass is 770 g/mol. The number of hydrogen-bond acceptors (Lipinski definition) is 2. The molecule has 0 fully saturated rings. The van der Waals surface area contributed by atoms with Crippen LogP contribution < -0.4 is 0 Å². The van der Waals surface area contributed by atoms with E-state index in [4.69, 9.17) is 9.97 Å². The molecule has 0 N–H and O–H groups in total. The van der Waals surface area contributed by atoms with E-state index in [9.17, 15) is 0 Å². The Labute approximate surface area is 349 Å². The van der Waals surface area contributed by atoms with E-state index < -0.39 is 0 Å². The second-order valence-corrected chi connectivity index (χ2v) is 17.5. The summed E-state index contributed by atoms with van der Waals surface area (Å²) in [5.41, 5.74) is 17.2. The third kappa shape index (κ3) is 6.75. The lowest BCUT2D eigenvalue weighted by atomic mass is 9.87. The van der Waals surface area contributed by atoms with Crippen LogP contribution >= 0.6 is 0 Å². The minimum atomic E-state index is 0.373. The van der Waals surface area contributed by atoms with Crippen LogP contribution in [-0.2, 0) is 6.42 Å². The molecule has 4 nitrogen and oxygen atoms in total. The fourth-order valence-corrected chi connectivity index (χ4v) is 9.30. The van der Waals surface area contributed by atoms with Crippen molar-refractivity contribution in [3.05, 3.63) is 179 Å². The van der Waals surface area contributed by atoms with Crippen molar-refractivity contribution in [2.24, 2.45) is 0 Å². The van der Waals surface area contributed by atoms with Crippen molar-refractivity contribution < 1.29 is 0 Å². The van der Waals surface area contributed by atoms with E-state index in [1.165, 1.54) is 66.2 Å². The molecule has 9 rings (SSSR count).